The zero-order valence-corrected chi connectivity index (χ0v) is 12.6. The molecule has 112 valence electrons. The van der Waals surface area contributed by atoms with E-state index in [1.54, 1.807) is 0 Å². The van der Waals surface area contributed by atoms with E-state index in [4.69, 9.17) is 10.5 Å². The first kappa shape index (κ1) is 14.4. The van der Waals surface area contributed by atoms with Crippen LogP contribution in [-0.2, 0) is 18.0 Å². The maximum atomic E-state index is 5.85. The van der Waals surface area contributed by atoms with Gasteiger partial charge in [-0.25, -0.2) is 4.98 Å². The van der Waals surface area contributed by atoms with Crippen LogP contribution in [0.5, 0.6) is 0 Å². The van der Waals surface area contributed by atoms with Crippen molar-refractivity contribution in [1.29, 1.82) is 0 Å². The lowest BCUT2D eigenvalue weighted by molar-refractivity contribution is 0.103. The average Bonchev–Trinajstić information content (AvgIpc) is 2.90. The topological polar surface area (TPSA) is 53.1 Å². The van der Waals surface area contributed by atoms with Crippen molar-refractivity contribution < 1.29 is 4.74 Å². The molecular formula is C18H19N3O. The molecule has 22 heavy (non-hydrogen) atoms. The van der Waals surface area contributed by atoms with Crippen LogP contribution in [0.2, 0.25) is 0 Å². The van der Waals surface area contributed by atoms with Crippen LogP contribution in [0.25, 0.3) is 5.69 Å². The zero-order chi connectivity index (χ0) is 15.4. The number of hydrogen-bond donors (Lipinski definition) is 1. The van der Waals surface area contributed by atoms with Crippen molar-refractivity contribution in [2.45, 2.75) is 20.1 Å². The van der Waals surface area contributed by atoms with E-state index in [9.17, 15) is 0 Å². The third-order valence-corrected chi connectivity index (χ3v) is 3.60. The Morgan fingerprint density at radius 1 is 1.00 bits per heavy atom. The van der Waals surface area contributed by atoms with Crippen LogP contribution in [0, 0.1) is 6.92 Å². The molecule has 4 nitrogen and oxygen atoms in total. The lowest BCUT2D eigenvalue weighted by Gasteiger charge is -2.10. The molecule has 0 atom stereocenters. The summed E-state index contributed by atoms with van der Waals surface area (Å²) in [4.78, 5) is 4.39. The van der Waals surface area contributed by atoms with Crippen LogP contribution >= 0.6 is 0 Å². The summed E-state index contributed by atoms with van der Waals surface area (Å²) in [7, 11) is 0. The minimum Gasteiger partial charge on any atom is -0.399 e. The molecule has 1 heterocycles. The normalized spacial score (nSPS) is 10.8. The molecule has 0 aliphatic heterocycles. The Bertz CT molecular complexity index is 733. The van der Waals surface area contributed by atoms with Crippen LogP contribution in [-0.4, -0.2) is 9.55 Å². The Balaban J connectivity index is 1.74. The lowest BCUT2D eigenvalue weighted by atomic mass is 10.2. The first-order valence-corrected chi connectivity index (χ1v) is 7.24. The maximum Gasteiger partial charge on any atom is 0.0998 e. The third-order valence-electron chi connectivity index (χ3n) is 3.60. The second-order valence-corrected chi connectivity index (χ2v) is 5.22. The maximum absolute atomic E-state index is 5.85. The van der Waals surface area contributed by atoms with Gasteiger partial charge < -0.3 is 15.0 Å². The van der Waals surface area contributed by atoms with Gasteiger partial charge in [-0.1, -0.05) is 30.3 Å². The van der Waals surface area contributed by atoms with E-state index < -0.39 is 0 Å². The van der Waals surface area contributed by atoms with E-state index in [0.29, 0.717) is 13.2 Å². The molecule has 0 radical (unpaired) electrons. The SMILES string of the molecule is Cc1ncn(-c2ccc(N)cc2)c1COCc1ccccc1. The number of nitrogens with two attached hydrogens (primary N) is 1. The number of nitrogen functional groups attached to an aromatic ring is 1. The number of hydrogen-bond acceptors (Lipinski definition) is 3. The molecule has 0 aliphatic rings. The van der Waals surface area contributed by atoms with Crippen molar-refractivity contribution in [2.24, 2.45) is 0 Å². The Hall–Kier alpha value is -2.59. The van der Waals surface area contributed by atoms with E-state index in [-0.39, 0.29) is 0 Å². The fourth-order valence-electron chi connectivity index (χ4n) is 2.33. The van der Waals surface area contributed by atoms with E-state index >= 15 is 0 Å². The summed E-state index contributed by atoms with van der Waals surface area (Å²) in [6, 6.07) is 17.9. The molecule has 0 aliphatic carbocycles. The van der Waals surface area contributed by atoms with Crippen molar-refractivity contribution in [3.63, 3.8) is 0 Å². The highest BCUT2D eigenvalue weighted by Gasteiger charge is 2.09. The summed E-state index contributed by atoms with van der Waals surface area (Å²) < 4.78 is 7.89. The van der Waals surface area contributed by atoms with E-state index in [2.05, 4.69) is 17.1 Å². The summed E-state index contributed by atoms with van der Waals surface area (Å²) in [5, 5.41) is 0. The molecule has 2 N–H and O–H groups in total. The summed E-state index contributed by atoms with van der Waals surface area (Å²) in [5.74, 6) is 0. The molecule has 0 fully saturated rings. The van der Waals surface area contributed by atoms with Gasteiger partial charge >= 0.3 is 0 Å². The number of aryl methyl sites for hydroxylation is 1. The Labute approximate surface area is 130 Å². The van der Waals surface area contributed by atoms with Gasteiger partial charge in [0.05, 0.1) is 30.9 Å². The van der Waals surface area contributed by atoms with Crippen LogP contribution in [0.3, 0.4) is 0 Å². The highest BCUT2D eigenvalue weighted by molar-refractivity contribution is 5.46. The number of nitrogens with zero attached hydrogens (tertiary/aromatic N) is 2. The highest BCUT2D eigenvalue weighted by Crippen LogP contribution is 2.17. The Kier molecular flexibility index (Phi) is 4.21. The summed E-state index contributed by atoms with van der Waals surface area (Å²) >= 11 is 0. The molecule has 0 spiro atoms. The highest BCUT2D eigenvalue weighted by atomic mass is 16.5. The molecule has 2 aromatic carbocycles. The average molecular weight is 293 g/mol. The number of aromatic nitrogens is 2. The number of anilines is 1. The standard InChI is InChI=1S/C18H19N3O/c1-14-18(12-22-11-15-5-3-2-4-6-15)21(13-20-14)17-9-7-16(19)8-10-17/h2-10,13H,11-12,19H2,1H3. The van der Waals surface area contributed by atoms with Gasteiger partial charge in [-0.2, -0.15) is 0 Å². The minimum atomic E-state index is 0.519. The third kappa shape index (κ3) is 3.18. The molecular weight excluding hydrogens is 274 g/mol. The smallest absolute Gasteiger partial charge is 0.0998 e. The number of ether oxygens (including phenoxy) is 1. The zero-order valence-electron chi connectivity index (χ0n) is 12.6. The van der Waals surface area contributed by atoms with Gasteiger partial charge in [0.1, 0.15) is 0 Å². The molecule has 4 heteroatoms. The van der Waals surface area contributed by atoms with Crippen molar-refractivity contribution in [3.8, 4) is 5.69 Å². The monoisotopic (exact) mass is 293 g/mol. The number of imidazole rings is 1. The van der Waals surface area contributed by atoms with Crippen molar-refractivity contribution >= 4 is 5.69 Å². The number of rotatable bonds is 5. The van der Waals surface area contributed by atoms with Crippen molar-refractivity contribution in [2.75, 3.05) is 5.73 Å². The van der Waals surface area contributed by atoms with E-state index in [1.165, 1.54) is 5.56 Å². The largest absolute Gasteiger partial charge is 0.399 e. The van der Waals surface area contributed by atoms with E-state index in [0.717, 1.165) is 22.8 Å². The summed E-state index contributed by atoms with van der Waals surface area (Å²) in [6.07, 6.45) is 1.82. The van der Waals surface area contributed by atoms with Gasteiger partial charge in [-0.15, -0.1) is 0 Å². The van der Waals surface area contributed by atoms with Crippen LogP contribution in [0.15, 0.2) is 60.9 Å². The van der Waals surface area contributed by atoms with Gasteiger partial charge in [-0.05, 0) is 36.8 Å². The first-order chi connectivity index (χ1) is 10.7. The molecule has 0 amide bonds. The van der Waals surface area contributed by atoms with Crippen LogP contribution in [0.1, 0.15) is 17.0 Å². The second kappa shape index (κ2) is 6.45. The molecule has 0 unspecified atom stereocenters. The molecule has 3 rings (SSSR count). The molecule has 0 saturated carbocycles. The van der Waals surface area contributed by atoms with Crippen LogP contribution in [0.4, 0.5) is 5.69 Å². The second-order valence-electron chi connectivity index (χ2n) is 5.22. The molecule has 3 aromatic rings. The predicted octanol–water partition coefficient (Wildman–Crippen LogP) is 3.48. The van der Waals surface area contributed by atoms with Crippen molar-refractivity contribution in [1.82, 2.24) is 9.55 Å². The van der Waals surface area contributed by atoms with Gasteiger partial charge in [0, 0.05) is 11.4 Å². The fourth-order valence-corrected chi connectivity index (χ4v) is 2.33. The Morgan fingerprint density at radius 3 is 2.45 bits per heavy atom. The number of benzene rings is 2. The molecule has 0 saturated heterocycles. The summed E-state index contributed by atoms with van der Waals surface area (Å²) in [5.41, 5.74) is 10.7. The lowest BCUT2D eigenvalue weighted by Crippen LogP contribution is -2.03. The van der Waals surface area contributed by atoms with Gasteiger partial charge in [0.15, 0.2) is 0 Å². The quantitative estimate of drug-likeness (QED) is 0.733. The van der Waals surface area contributed by atoms with Gasteiger partial charge in [0.2, 0.25) is 0 Å². The molecule has 0 bridgehead atoms. The fraction of sp³-hybridized carbons (Fsp3) is 0.167. The van der Waals surface area contributed by atoms with Gasteiger partial charge in [-0.3, -0.25) is 0 Å². The predicted molar refractivity (Wildman–Crippen MR) is 87.6 cm³/mol. The van der Waals surface area contributed by atoms with Crippen molar-refractivity contribution in [3.05, 3.63) is 77.9 Å². The van der Waals surface area contributed by atoms with Gasteiger partial charge in [0.25, 0.3) is 0 Å². The minimum absolute atomic E-state index is 0.519. The first-order valence-electron chi connectivity index (χ1n) is 7.24. The van der Waals surface area contributed by atoms with Crippen LogP contribution < -0.4 is 5.73 Å². The Morgan fingerprint density at radius 2 is 1.73 bits per heavy atom. The van der Waals surface area contributed by atoms with E-state index in [1.807, 2.05) is 60.3 Å². The molecule has 1 aromatic heterocycles. The summed E-state index contributed by atoms with van der Waals surface area (Å²) in [6.45, 7) is 3.10.